The minimum Gasteiger partial charge on any atom is -0.497 e. The maximum absolute atomic E-state index is 13.1. The average molecular weight is 447 g/mol. The smallest absolute Gasteiger partial charge is 0.328 e. The van der Waals surface area contributed by atoms with Crippen molar-refractivity contribution in [3.05, 3.63) is 75.7 Å². The molecule has 1 heterocycles. The highest BCUT2D eigenvalue weighted by atomic mass is 16.5. The number of carbonyl (C=O) groups excluding carboxylic acids is 1. The number of ether oxygens (including phenoxy) is 2. The molecular weight excluding hydrogens is 426 g/mol. The first-order valence-electron chi connectivity index (χ1n) is 10.1. The Labute approximate surface area is 188 Å². The normalized spacial score (nSPS) is 13.9. The summed E-state index contributed by atoms with van der Waals surface area (Å²) >= 11 is 0. The molecule has 1 aromatic heterocycles. The monoisotopic (exact) mass is 447 g/mol. The number of carboxylic acids is 1. The Morgan fingerprint density at radius 3 is 2.61 bits per heavy atom. The highest BCUT2D eigenvalue weighted by Crippen LogP contribution is 2.36. The number of fused-ring (bicyclic) bond motifs is 2. The first-order valence-corrected chi connectivity index (χ1v) is 10.1. The van der Waals surface area contributed by atoms with Crippen LogP contribution in [-0.2, 0) is 16.0 Å². The lowest BCUT2D eigenvalue weighted by molar-refractivity contribution is -0.131. The zero-order valence-corrected chi connectivity index (χ0v) is 18.0. The largest absolute Gasteiger partial charge is 0.497 e. The Morgan fingerprint density at radius 1 is 1.06 bits per heavy atom. The van der Waals surface area contributed by atoms with E-state index in [4.69, 9.17) is 19.0 Å². The van der Waals surface area contributed by atoms with E-state index in [9.17, 15) is 14.4 Å². The average Bonchev–Trinajstić information content (AvgIpc) is 3.20. The topological polar surface area (TPSA) is 115 Å². The fraction of sp³-hybridized carbons (Fsp3) is 0.160. The van der Waals surface area contributed by atoms with E-state index in [1.807, 2.05) is 18.2 Å². The molecule has 0 atom stereocenters. The molecule has 1 amide bonds. The second kappa shape index (κ2) is 9.04. The molecule has 0 fully saturated rings. The van der Waals surface area contributed by atoms with Crippen molar-refractivity contribution in [3.63, 3.8) is 0 Å². The number of carboxylic acid groups (broad SMARTS) is 1. The maximum atomic E-state index is 13.1. The number of carbonyl (C=O) groups is 2. The van der Waals surface area contributed by atoms with Gasteiger partial charge in [-0.2, -0.15) is 0 Å². The number of methoxy groups -OCH3 is 2. The molecule has 3 aromatic rings. The van der Waals surface area contributed by atoms with Gasteiger partial charge in [-0.15, -0.1) is 0 Å². The summed E-state index contributed by atoms with van der Waals surface area (Å²) in [5.41, 5.74) is 2.85. The number of amides is 1. The zero-order valence-electron chi connectivity index (χ0n) is 18.0. The minimum absolute atomic E-state index is 0.115. The van der Waals surface area contributed by atoms with Crippen LogP contribution in [0.4, 0.5) is 5.69 Å². The van der Waals surface area contributed by atoms with Gasteiger partial charge in [-0.25, -0.2) is 4.79 Å². The number of aliphatic carboxylic acids is 1. The quantitative estimate of drug-likeness (QED) is 0.551. The Morgan fingerprint density at radius 2 is 1.88 bits per heavy atom. The summed E-state index contributed by atoms with van der Waals surface area (Å²) in [5.74, 6) is 0.0206. The molecule has 2 aromatic carbocycles. The summed E-state index contributed by atoms with van der Waals surface area (Å²) in [6, 6.07) is 10.2. The van der Waals surface area contributed by atoms with E-state index in [1.165, 1.54) is 0 Å². The molecule has 8 heteroatoms. The van der Waals surface area contributed by atoms with Crippen LogP contribution in [0, 0.1) is 0 Å². The van der Waals surface area contributed by atoms with Gasteiger partial charge in [0.25, 0.3) is 0 Å². The van der Waals surface area contributed by atoms with Crippen LogP contribution in [0.3, 0.4) is 0 Å². The van der Waals surface area contributed by atoms with E-state index in [-0.39, 0.29) is 5.43 Å². The fourth-order valence-corrected chi connectivity index (χ4v) is 3.78. The molecule has 0 aliphatic heterocycles. The zero-order chi connectivity index (χ0) is 23.5. The van der Waals surface area contributed by atoms with E-state index < -0.39 is 11.9 Å². The maximum Gasteiger partial charge on any atom is 0.328 e. The molecule has 0 saturated heterocycles. The van der Waals surface area contributed by atoms with Crippen LogP contribution in [0.15, 0.2) is 57.8 Å². The van der Waals surface area contributed by atoms with E-state index in [2.05, 4.69) is 5.32 Å². The van der Waals surface area contributed by atoms with Gasteiger partial charge in [0.15, 0.2) is 5.43 Å². The van der Waals surface area contributed by atoms with E-state index in [0.29, 0.717) is 52.3 Å². The molecule has 33 heavy (non-hydrogen) atoms. The molecule has 0 unspecified atom stereocenters. The van der Waals surface area contributed by atoms with Crippen LogP contribution in [-0.4, -0.2) is 31.2 Å². The summed E-state index contributed by atoms with van der Waals surface area (Å²) in [5, 5.41) is 11.6. The van der Waals surface area contributed by atoms with Crippen LogP contribution < -0.4 is 20.2 Å². The number of hydrogen-bond donors (Lipinski definition) is 2. The molecule has 4 rings (SSSR count). The van der Waals surface area contributed by atoms with Gasteiger partial charge in [0.2, 0.25) is 5.91 Å². The van der Waals surface area contributed by atoms with E-state index in [1.54, 1.807) is 38.5 Å². The Kier molecular flexibility index (Phi) is 5.99. The number of hydrogen-bond acceptors (Lipinski definition) is 6. The Hall–Kier alpha value is -4.33. The third-order valence-electron chi connectivity index (χ3n) is 5.33. The SMILES string of the molecule is COc1ccc(OC)c(/C=C2\CCc3c2oc2cc(NC(=O)/C=C/C(=O)O)ccc2c3=O)c1. The second-order valence-electron chi connectivity index (χ2n) is 7.39. The lowest BCUT2D eigenvalue weighted by Crippen LogP contribution is -2.11. The number of allylic oxidation sites excluding steroid dienone is 1. The fourth-order valence-electron chi connectivity index (χ4n) is 3.78. The summed E-state index contributed by atoms with van der Waals surface area (Å²) in [7, 11) is 3.17. The van der Waals surface area contributed by atoms with Crippen LogP contribution in [0.5, 0.6) is 11.5 Å². The van der Waals surface area contributed by atoms with Crippen molar-refractivity contribution in [2.75, 3.05) is 19.5 Å². The number of anilines is 1. The highest BCUT2D eigenvalue weighted by molar-refractivity contribution is 6.03. The van der Waals surface area contributed by atoms with Gasteiger partial charge >= 0.3 is 5.97 Å². The van der Waals surface area contributed by atoms with Gasteiger partial charge in [-0.3, -0.25) is 9.59 Å². The summed E-state index contributed by atoms with van der Waals surface area (Å²) < 4.78 is 16.9. The van der Waals surface area contributed by atoms with E-state index in [0.717, 1.165) is 23.3 Å². The molecule has 0 bridgehead atoms. The summed E-state index contributed by atoms with van der Waals surface area (Å²) in [6.07, 6.45) is 4.77. The van der Waals surface area contributed by atoms with Crippen molar-refractivity contribution in [2.24, 2.45) is 0 Å². The molecule has 0 radical (unpaired) electrons. The van der Waals surface area contributed by atoms with Crippen molar-refractivity contribution < 1.29 is 28.6 Å². The standard InChI is InChI=1S/C25H21NO7/c1-31-17-5-8-20(32-2)15(12-17)11-14-3-6-19-24(30)18-7-4-16(13-21(18)33-25(14)19)26-22(27)9-10-23(28)29/h4-5,7-13H,3,6H2,1-2H3,(H,26,27)(H,28,29)/b10-9+,14-11+. The lowest BCUT2D eigenvalue weighted by Gasteiger charge is -2.09. The number of benzene rings is 2. The predicted molar refractivity (Wildman–Crippen MR) is 124 cm³/mol. The Bertz CT molecular complexity index is 1380. The number of rotatable bonds is 6. The summed E-state index contributed by atoms with van der Waals surface area (Å²) in [4.78, 5) is 35.5. The predicted octanol–water partition coefficient (Wildman–Crippen LogP) is 3.88. The van der Waals surface area contributed by atoms with Crippen molar-refractivity contribution in [3.8, 4) is 11.5 Å². The number of nitrogens with one attached hydrogen (secondary N) is 1. The molecular formula is C25H21NO7. The van der Waals surface area contributed by atoms with Crippen LogP contribution in [0.2, 0.25) is 0 Å². The molecule has 0 spiro atoms. The van der Waals surface area contributed by atoms with Crippen molar-refractivity contribution >= 4 is 40.2 Å². The van der Waals surface area contributed by atoms with Crippen LogP contribution >= 0.6 is 0 Å². The van der Waals surface area contributed by atoms with Gasteiger partial charge in [0.1, 0.15) is 22.8 Å². The molecule has 1 aliphatic carbocycles. The molecule has 8 nitrogen and oxygen atoms in total. The highest BCUT2D eigenvalue weighted by Gasteiger charge is 2.24. The van der Waals surface area contributed by atoms with Gasteiger partial charge in [0.05, 0.1) is 19.6 Å². The first-order chi connectivity index (χ1) is 15.9. The Balaban J connectivity index is 1.75. The first kappa shape index (κ1) is 21.9. The minimum atomic E-state index is -1.22. The van der Waals surface area contributed by atoms with Crippen LogP contribution in [0.25, 0.3) is 22.6 Å². The van der Waals surface area contributed by atoms with Gasteiger partial charge in [-0.1, -0.05) is 0 Å². The van der Waals surface area contributed by atoms with Crippen molar-refractivity contribution in [2.45, 2.75) is 12.8 Å². The van der Waals surface area contributed by atoms with Gasteiger partial charge < -0.3 is 24.3 Å². The van der Waals surface area contributed by atoms with Gasteiger partial charge in [0, 0.05) is 35.0 Å². The third kappa shape index (κ3) is 4.50. The van der Waals surface area contributed by atoms with Crippen molar-refractivity contribution in [1.82, 2.24) is 0 Å². The molecule has 1 aliphatic rings. The van der Waals surface area contributed by atoms with E-state index >= 15 is 0 Å². The van der Waals surface area contributed by atoms with Crippen molar-refractivity contribution in [1.29, 1.82) is 0 Å². The molecule has 2 N–H and O–H groups in total. The third-order valence-corrected chi connectivity index (χ3v) is 5.33. The summed E-state index contributed by atoms with van der Waals surface area (Å²) in [6.45, 7) is 0. The van der Waals surface area contributed by atoms with Crippen LogP contribution in [0.1, 0.15) is 23.3 Å². The van der Waals surface area contributed by atoms with Gasteiger partial charge in [-0.05, 0) is 54.8 Å². The molecule has 168 valence electrons. The second-order valence-corrected chi connectivity index (χ2v) is 7.39. The molecule has 0 saturated carbocycles. The lowest BCUT2D eigenvalue weighted by atomic mass is 10.1.